The molecule has 0 saturated carbocycles. The van der Waals surface area contributed by atoms with Crippen molar-refractivity contribution in [1.29, 1.82) is 0 Å². The Morgan fingerprint density at radius 2 is 2.00 bits per heavy atom. The molecule has 0 bridgehead atoms. The molecular weight excluding hydrogens is 176 g/mol. The molecular formula is C11H10N2O. The van der Waals surface area contributed by atoms with Crippen molar-refractivity contribution in [1.82, 2.24) is 0 Å². The van der Waals surface area contributed by atoms with Gasteiger partial charge in [-0.25, -0.2) is 4.99 Å². The normalized spacial score (nSPS) is 14.7. The lowest BCUT2D eigenvalue weighted by atomic mass is 10.0. The lowest BCUT2D eigenvalue weighted by Gasteiger charge is -2.05. The van der Waals surface area contributed by atoms with Crippen LogP contribution in [-0.4, -0.2) is 18.0 Å². The number of hydrogen-bond acceptors (Lipinski definition) is 2. The highest BCUT2D eigenvalue weighted by atomic mass is 16.1. The molecule has 0 unspecified atom stereocenters. The molecule has 14 heavy (non-hydrogen) atoms. The quantitative estimate of drug-likeness (QED) is 0.657. The van der Waals surface area contributed by atoms with Crippen LogP contribution in [0.15, 0.2) is 28.2 Å². The first-order valence-electron chi connectivity index (χ1n) is 4.42. The molecule has 3 heteroatoms. The Balaban J connectivity index is 2.53. The van der Waals surface area contributed by atoms with E-state index in [1.807, 2.05) is 32.0 Å². The number of carbonyl (C=O) groups excluding carboxylic acids is 1. The van der Waals surface area contributed by atoms with E-state index in [2.05, 4.69) is 9.98 Å². The maximum Gasteiger partial charge on any atom is 0.290 e. The minimum absolute atomic E-state index is 0.277. The van der Waals surface area contributed by atoms with Crippen LogP contribution < -0.4 is 0 Å². The second-order valence-electron chi connectivity index (χ2n) is 3.28. The molecule has 0 fully saturated rings. The molecule has 1 aliphatic rings. The molecule has 0 saturated heterocycles. The van der Waals surface area contributed by atoms with Crippen LogP contribution >= 0.6 is 0 Å². The van der Waals surface area contributed by atoms with Gasteiger partial charge in [0.05, 0.1) is 6.21 Å². The topological polar surface area (TPSA) is 41.8 Å². The van der Waals surface area contributed by atoms with Crippen LogP contribution in [0.3, 0.4) is 0 Å². The molecule has 1 aromatic rings. The summed E-state index contributed by atoms with van der Waals surface area (Å²) < 4.78 is 0. The van der Waals surface area contributed by atoms with Crippen molar-refractivity contribution in [2.45, 2.75) is 13.8 Å². The van der Waals surface area contributed by atoms with Gasteiger partial charge >= 0.3 is 0 Å². The van der Waals surface area contributed by atoms with Crippen molar-refractivity contribution in [2.75, 3.05) is 0 Å². The number of benzene rings is 1. The van der Waals surface area contributed by atoms with Gasteiger partial charge in [0.25, 0.3) is 5.91 Å². The average molecular weight is 186 g/mol. The molecule has 0 aliphatic carbocycles. The van der Waals surface area contributed by atoms with E-state index in [0.29, 0.717) is 5.84 Å². The minimum atomic E-state index is -0.277. The number of hydrogen-bond donors (Lipinski definition) is 0. The fourth-order valence-corrected chi connectivity index (χ4v) is 1.40. The summed E-state index contributed by atoms with van der Waals surface area (Å²) in [4.78, 5) is 18.7. The van der Waals surface area contributed by atoms with Crippen LogP contribution in [0.1, 0.15) is 16.7 Å². The highest BCUT2D eigenvalue weighted by Gasteiger charge is 2.12. The Hall–Kier alpha value is -1.77. The summed E-state index contributed by atoms with van der Waals surface area (Å²) in [6.07, 6.45) is 1.25. The standard InChI is InChI=1S/C11H10N2O/c1-7-4-3-5-9(8(7)2)11-12-6-10(14)13-11/h3-6H,1-2H3. The van der Waals surface area contributed by atoms with Crippen molar-refractivity contribution in [2.24, 2.45) is 9.98 Å². The van der Waals surface area contributed by atoms with Crippen molar-refractivity contribution >= 4 is 18.0 Å². The number of amides is 1. The van der Waals surface area contributed by atoms with Crippen LogP contribution in [-0.2, 0) is 4.79 Å². The van der Waals surface area contributed by atoms with Gasteiger partial charge in [0, 0.05) is 5.56 Å². The molecule has 0 spiro atoms. The van der Waals surface area contributed by atoms with E-state index in [1.54, 1.807) is 0 Å². The second-order valence-corrected chi connectivity index (χ2v) is 3.28. The van der Waals surface area contributed by atoms with Crippen LogP contribution in [0.4, 0.5) is 0 Å². The molecule has 70 valence electrons. The predicted molar refractivity (Wildman–Crippen MR) is 56.0 cm³/mol. The van der Waals surface area contributed by atoms with Crippen molar-refractivity contribution < 1.29 is 4.79 Å². The molecule has 3 nitrogen and oxygen atoms in total. The summed E-state index contributed by atoms with van der Waals surface area (Å²) in [5.74, 6) is 0.247. The van der Waals surface area contributed by atoms with Gasteiger partial charge in [-0.15, -0.1) is 0 Å². The SMILES string of the molecule is Cc1cccc(C2=NC(=O)C=N2)c1C. The number of aryl methyl sites for hydroxylation is 1. The molecule has 1 heterocycles. The third-order valence-electron chi connectivity index (χ3n) is 2.36. The van der Waals surface area contributed by atoms with Crippen molar-refractivity contribution in [3.05, 3.63) is 34.9 Å². The number of nitrogens with zero attached hydrogens (tertiary/aromatic N) is 2. The molecule has 0 aromatic heterocycles. The largest absolute Gasteiger partial charge is 0.290 e. The van der Waals surface area contributed by atoms with Gasteiger partial charge in [-0.2, -0.15) is 4.99 Å². The Bertz CT molecular complexity index is 458. The fraction of sp³-hybridized carbons (Fsp3) is 0.182. The fourth-order valence-electron chi connectivity index (χ4n) is 1.40. The number of rotatable bonds is 1. The first-order valence-corrected chi connectivity index (χ1v) is 4.42. The van der Waals surface area contributed by atoms with Crippen LogP contribution in [0, 0.1) is 13.8 Å². The van der Waals surface area contributed by atoms with E-state index in [0.717, 1.165) is 11.1 Å². The first kappa shape index (κ1) is 8.81. The molecule has 0 atom stereocenters. The lowest BCUT2D eigenvalue weighted by molar-refractivity contribution is -0.111. The number of aliphatic imine (C=N–C) groups is 2. The maximum absolute atomic E-state index is 10.9. The van der Waals surface area contributed by atoms with Gasteiger partial charge in [-0.3, -0.25) is 4.79 Å². The molecule has 1 aromatic carbocycles. The van der Waals surface area contributed by atoms with Crippen molar-refractivity contribution in [3.63, 3.8) is 0 Å². The zero-order valence-corrected chi connectivity index (χ0v) is 8.11. The zero-order valence-electron chi connectivity index (χ0n) is 8.11. The summed E-state index contributed by atoms with van der Waals surface area (Å²) in [6.45, 7) is 4.03. The third-order valence-corrected chi connectivity index (χ3v) is 2.36. The highest BCUT2D eigenvalue weighted by Crippen LogP contribution is 2.15. The van der Waals surface area contributed by atoms with Gasteiger partial charge in [-0.05, 0) is 25.0 Å². The smallest absolute Gasteiger partial charge is 0.266 e. The van der Waals surface area contributed by atoms with E-state index in [9.17, 15) is 4.79 Å². The monoisotopic (exact) mass is 186 g/mol. The number of carbonyl (C=O) groups is 1. The van der Waals surface area contributed by atoms with Gasteiger partial charge < -0.3 is 0 Å². The van der Waals surface area contributed by atoms with Gasteiger partial charge in [0.1, 0.15) is 0 Å². The van der Waals surface area contributed by atoms with E-state index in [1.165, 1.54) is 11.8 Å². The minimum Gasteiger partial charge on any atom is -0.266 e. The Labute approximate surface area is 82.2 Å². The van der Waals surface area contributed by atoms with Gasteiger partial charge in [-0.1, -0.05) is 18.2 Å². The Morgan fingerprint density at radius 3 is 2.64 bits per heavy atom. The number of amidine groups is 1. The highest BCUT2D eigenvalue weighted by molar-refractivity contribution is 6.36. The van der Waals surface area contributed by atoms with Crippen LogP contribution in [0.25, 0.3) is 0 Å². The van der Waals surface area contributed by atoms with E-state index in [4.69, 9.17) is 0 Å². The maximum atomic E-state index is 10.9. The molecule has 1 aliphatic heterocycles. The first-order chi connectivity index (χ1) is 6.68. The van der Waals surface area contributed by atoms with E-state index in [-0.39, 0.29) is 5.91 Å². The van der Waals surface area contributed by atoms with E-state index >= 15 is 0 Å². The van der Waals surface area contributed by atoms with E-state index < -0.39 is 0 Å². The van der Waals surface area contributed by atoms with Gasteiger partial charge in [0.15, 0.2) is 5.84 Å². The summed E-state index contributed by atoms with van der Waals surface area (Å²) >= 11 is 0. The average Bonchev–Trinajstić information content (AvgIpc) is 2.57. The lowest BCUT2D eigenvalue weighted by Crippen LogP contribution is -1.99. The van der Waals surface area contributed by atoms with Crippen LogP contribution in [0.2, 0.25) is 0 Å². The molecule has 1 amide bonds. The van der Waals surface area contributed by atoms with Crippen molar-refractivity contribution in [3.8, 4) is 0 Å². The summed E-state index contributed by atoms with van der Waals surface area (Å²) in [5, 5.41) is 0. The molecule has 2 rings (SSSR count). The van der Waals surface area contributed by atoms with Crippen LogP contribution in [0.5, 0.6) is 0 Å². The Morgan fingerprint density at radius 1 is 1.21 bits per heavy atom. The second kappa shape index (κ2) is 3.18. The predicted octanol–water partition coefficient (Wildman–Crippen LogP) is 1.66. The molecule has 0 radical (unpaired) electrons. The summed E-state index contributed by atoms with van der Waals surface area (Å²) in [6, 6.07) is 5.90. The zero-order chi connectivity index (χ0) is 10.1. The third kappa shape index (κ3) is 1.37. The molecule has 0 N–H and O–H groups in total. The summed E-state index contributed by atoms with van der Waals surface area (Å²) in [7, 11) is 0. The Kier molecular flexibility index (Phi) is 2.00. The van der Waals surface area contributed by atoms with Gasteiger partial charge in [0.2, 0.25) is 0 Å². The summed E-state index contributed by atoms with van der Waals surface area (Å²) in [5.41, 5.74) is 3.24.